The molecule has 1 aromatic heterocycles. The van der Waals surface area contributed by atoms with Gasteiger partial charge in [-0.3, -0.25) is 4.79 Å². The van der Waals surface area contributed by atoms with Crippen molar-refractivity contribution in [3.8, 4) is 5.75 Å². The smallest absolute Gasteiger partial charge is 0.263 e. The fourth-order valence-corrected chi connectivity index (χ4v) is 3.02. The van der Waals surface area contributed by atoms with E-state index in [4.69, 9.17) is 10.5 Å². The second kappa shape index (κ2) is 7.32. The summed E-state index contributed by atoms with van der Waals surface area (Å²) in [5.41, 5.74) is 6.11. The van der Waals surface area contributed by atoms with E-state index in [1.54, 1.807) is 6.08 Å². The van der Waals surface area contributed by atoms with E-state index >= 15 is 0 Å². The second-order valence-electron chi connectivity index (χ2n) is 4.26. The first-order valence-electron chi connectivity index (χ1n) is 6.07. The van der Waals surface area contributed by atoms with Gasteiger partial charge in [0.25, 0.3) is 5.91 Å². The SMILES string of the molecule is C=CCNC(=O)c1sc(NCCS(C)(=O)=O)c(OC)c1N. The Morgan fingerprint density at radius 1 is 1.52 bits per heavy atom. The molecule has 0 radical (unpaired) electrons. The van der Waals surface area contributed by atoms with Crippen molar-refractivity contribution >= 4 is 37.8 Å². The number of nitrogens with two attached hydrogens (primary N) is 1. The van der Waals surface area contributed by atoms with Crippen LogP contribution < -0.4 is 21.1 Å². The van der Waals surface area contributed by atoms with Crippen LogP contribution in [0.25, 0.3) is 0 Å². The molecule has 1 amide bonds. The molecule has 118 valence electrons. The van der Waals surface area contributed by atoms with Crippen LogP contribution in [0, 0.1) is 0 Å². The average Bonchev–Trinajstić information content (AvgIpc) is 2.71. The lowest BCUT2D eigenvalue weighted by atomic mass is 10.3. The molecule has 4 N–H and O–H groups in total. The van der Waals surface area contributed by atoms with Crippen LogP contribution in [0.3, 0.4) is 0 Å². The zero-order chi connectivity index (χ0) is 16.0. The minimum atomic E-state index is -3.07. The maximum atomic E-state index is 11.9. The van der Waals surface area contributed by atoms with Gasteiger partial charge in [0.1, 0.15) is 25.4 Å². The van der Waals surface area contributed by atoms with Crippen molar-refractivity contribution in [3.63, 3.8) is 0 Å². The van der Waals surface area contributed by atoms with E-state index in [0.29, 0.717) is 22.2 Å². The quantitative estimate of drug-likeness (QED) is 0.604. The van der Waals surface area contributed by atoms with Crippen LogP contribution in [0.1, 0.15) is 9.67 Å². The van der Waals surface area contributed by atoms with E-state index in [1.807, 2.05) is 0 Å². The highest BCUT2D eigenvalue weighted by Gasteiger charge is 2.21. The van der Waals surface area contributed by atoms with Gasteiger partial charge in [-0.1, -0.05) is 6.08 Å². The van der Waals surface area contributed by atoms with Gasteiger partial charge in [0.2, 0.25) is 0 Å². The topological polar surface area (TPSA) is 111 Å². The Hall–Kier alpha value is -1.74. The minimum absolute atomic E-state index is 0.0219. The molecule has 0 saturated heterocycles. The van der Waals surface area contributed by atoms with E-state index in [2.05, 4.69) is 17.2 Å². The Morgan fingerprint density at radius 3 is 2.71 bits per heavy atom. The van der Waals surface area contributed by atoms with Crippen molar-refractivity contribution in [2.75, 3.05) is 43.3 Å². The zero-order valence-electron chi connectivity index (χ0n) is 11.9. The fourth-order valence-electron chi connectivity index (χ4n) is 1.51. The molecule has 0 spiro atoms. The summed E-state index contributed by atoms with van der Waals surface area (Å²) in [5.74, 6) is -0.00417. The molecule has 7 nitrogen and oxygen atoms in total. The number of thiophene rings is 1. The molecule has 21 heavy (non-hydrogen) atoms. The first-order chi connectivity index (χ1) is 9.80. The van der Waals surface area contributed by atoms with Crippen LogP contribution in [0.2, 0.25) is 0 Å². The number of carbonyl (C=O) groups excluding carboxylic acids is 1. The number of nitrogen functional groups attached to an aromatic ring is 1. The summed E-state index contributed by atoms with van der Waals surface area (Å²) in [7, 11) is -1.63. The van der Waals surface area contributed by atoms with Gasteiger partial charge in [0.05, 0.1) is 12.9 Å². The van der Waals surface area contributed by atoms with Gasteiger partial charge in [-0.2, -0.15) is 0 Å². The lowest BCUT2D eigenvalue weighted by Gasteiger charge is -2.06. The highest BCUT2D eigenvalue weighted by atomic mass is 32.2. The number of hydrogen-bond donors (Lipinski definition) is 3. The van der Waals surface area contributed by atoms with E-state index in [1.165, 1.54) is 7.11 Å². The summed E-state index contributed by atoms with van der Waals surface area (Å²) < 4.78 is 27.4. The van der Waals surface area contributed by atoms with Crippen molar-refractivity contribution < 1.29 is 17.9 Å². The highest BCUT2D eigenvalue weighted by Crippen LogP contribution is 2.42. The van der Waals surface area contributed by atoms with Crippen LogP contribution >= 0.6 is 11.3 Å². The van der Waals surface area contributed by atoms with E-state index in [0.717, 1.165) is 17.6 Å². The van der Waals surface area contributed by atoms with E-state index in [-0.39, 0.29) is 23.9 Å². The number of carbonyl (C=O) groups is 1. The first kappa shape index (κ1) is 17.3. The predicted molar refractivity (Wildman–Crippen MR) is 86.0 cm³/mol. The average molecular weight is 333 g/mol. The number of sulfone groups is 1. The summed E-state index contributed by atoms with van der Waals surface area (Å²) in [6.07, 6.45) is 2.72. The van der Waals surface area contributed by atoms with E-state index in [9.17, 15) is 13.2 Å². The number of ether oxygens (including phenoxy) is 1. The number of hydrogen-bond acceptors (Lipinski definition) is 7. The number of rotatable bonds is 8. The van der Waals surface area contributed by atoms with Crippen molar-refractivity contribution in [2.45, 2.75) is 0 Å². The normalized spacial score (nSPS) is 11.0. The van der Waals surface area contributed by atoms with Crippen LogP contribution in [0.15, 0.2) is 12.7 Å². The van der Waals surface area contributed by atoms with Crippen molar-refractivity contribution in [1.82, 2.24) is 5.32 Å². The van der Waals surface area contributed by atoms with Crippen LogP contribution in [-0.4, -0.2) is 46.5 Å². The summed E-state index contributed by atoms with van der Waals surface area (Å²) in [5, 5.41) is 6.09. The zero-order valence-corrected chi connectivity index (χ0v) is 13.6. The van der Waals surface area contributed by atoms with Crippen molar-refractivity contribution in [1.29, 1.82) is 0 Å². The third-order valence-electron chi connectivity index (χ3n) is 2.48. The Balaban J connectivity index is 2.89. The number of anilines is 2. The molecule has 9 heteroatoms. The Labute approximate surface area is 128 Å². The molecule has 1 rings (SSSR count). The number of nitrogens with one attached hydrogen (secondary N) is 2. The van der Waals surface area contributed by atoms with Crippen LogP contribution in [0.4, 0.5) is 10.7 Å². The lowest BCUT2D eigenvalue weighted by molar-refractivity contribution is 0.0962. The molecule has 0 fully saturated rings. The van der Waals surface area contributed by atoms with Gasteiger partial charge >= 0.3 is 0 Å². The number of amides is 1. The second-order valence-corrected chi connectivity index (χ2v) is 7.54. The molecular formula is C12H19N3O4S2. The highest BCUT2D eigenvalue weighted by molar-refractivity contribution is 7.90. The molecule has 0 atom stereocenters. The summed E-state index contributed by atoms with van der Waals surface area (Å²) >= 11 is 1.12. The maximum Gasteiger partial charge on any atom is 0.263 e. The Morgan fingerprint density at radius 2 is 2.19 bits per heavy atom. The molecule has 0 bridgehead atoms. The third-order valence-corrected chi connectivity index (χ3v) is 4.56. The van der Waals surface area contributed by atoms with E-state index < -0.39 is 9.84 Å². The van der Waals surface area contributed by atoms with Gasteiger partial charge < -0.3 is 21.1 Å². The molecule has 0 aliphatic rings. The lowest BCUT2D eigenvalue weighted by Crippen LogP contribution is -2.23. The predicted octanol–water partition coefficient (Wildman–Crippen LogP) is 0.711. The largest absolute Gasteiger partial charge is 0.492 e. The Bertz CT molecular complexity index is 623. The van der Waals surface area contributed by atoms with Gasteiger partial charge in [0.15, 0.2) is 5.75 Å². The van der Waals surface area contributed by atoms with Crippen molar-refractivity contribution in [3.05, 3.63) is 17.5 Å². The van der Waals surface area contributed by atoms with Crippen LogP contribution in [-0.2, 0) is 9.84 Å². The monoisotopic (exact) mass is 333 g/mol. The number of methoxy groups -OCH3 is 1. The summed E-state index contributed by atoms with van der Waals surface area (Å²) in [4.78, 5) is 12.2. The summed E-state index contributed by atoms with van der Waals surface area (Å²) in [6.45, 7) is 4.05. The van der Waals surface area contributed by atoms with Gasteiger partial charge in [-0.25, -0.2) is 8.42 Å². The molecule has 0 aliphatic carbocycles. The standard InChI is InChI=1S/C12H19N3O4S2/c1-4-5-14-11(16)10-8(13)9(19-2)12(20-10)15-6-7-21(3,17)18/h4,15H,1,5-7,13H2,2-3H3,(H,14,16). The fraction of sp³-hybridized carbons (Fsp3) is 0.417. The Kier molecular flexibility index (Phi) is 6.03. The molecule has 1 aromatic rings. The van der Waals surface area contributed by atoms with Crippen LogP contribution in [0.5, 0.6) is 5.75 Å². The molecule has 0 aliphatic heterocycles. The molecular weight excluding hydrogens is 314 g/mol. The minimum Gasteiger partial charge on any atom is -0.492 e. The molecule has 0 saturated carbocycles. The molecule has 1 heterocycles. The third kappa shape index (κ3) is 4.94. The molecule has 0 unspecified atom stereocenters. The first-order valence-corrected chi connectivity index (χ1v) is 8.94. The van der Waals surface area contributed by atoms with Crippen molar-refractivity contribution in [2.24, 2.45) is 0 Å². The van der Waals surface area contributed by atoms with Gasteiger partial charge in [0, 0.05) is 19.3 Å². The van der Waals surface area contributed by atoms with Gasteiger partial charge in [-0.05, 0) is 0 Å². The van der Waals surface area contributed by atoms with Gasteiger partial charge in [-0.15, -0.1) is 17.9 Å². The molecule has 0 aromatic carbocycles. The summed E-state index contributed by atoms with van der Waals surface area (Å²) in [6, 6.07) is 0. The maximum absolute atomic E-state index is 11.9.